The van der Waals surface area contributed by atoms with Gasteiger partial charge in [-0.1, -0.05) is 30.6 Å². The summed E-state index contributed by atoms with van der Waals surface area (Å²) in [6.45, 7) is 9.94. The molecule has 4 heterocycles. The summed E-state index contributed by atoms with van der Waals surface area (Å²) < 4.78 is 13.2. The molecule has 0 spiro atoms. The molecule has 0 radical (unpaired) electrons. The molecule has 0 bridgehead atoms. The number of nitrogens with zero attached hydrogens (tertiary/aromatic N) is 5. The van der Waals surface area contributed by atoms with Crippen LogP contribution in [0.3, 0.4) is 0 Å². The van der Waals surface area contributed by atoms with Crippen LogP contribution in [-0.2, 0) is 11.2 Å². The number of imidazole rings is 1. The quantitative estimate of drug-likeness (QED) is 0.615. The van der Waals surface area contributed by atoms with E-state index in [0.717, 1.165) is 11.4 Å². The highest BCUT2D eigenvalue weighted by Gasteiger charge is 2.41. The van der Waals surface area contributed by atoms with Gasteiger partial charge in [-0.25, -0.2) is 9.78 Å². The average molecular weight is 418 g/mol. The zero-order valence-corrected chi connectivity index (χ0v) is 17.9. The maximum Gasteiger partial charge on any atom is 0.411 e. The number of aromatic nitrogens is 4. The lowest BCUT2D eigenvalue weighted by molar-refractivity contribution is 0.0144. The second-order valence-electron chi connectivity index (χ2n) is 8.49. The highest BCUT2D eigenvalue weighted by Crippen LogP contribution is 2.36. The smallest absolute Gasteiger partial charge is 0.411 e. The Balaban J connectivity index is 1.86. The minimum absolute atomic E-state index is 0.103. The van der Waals surface area contributed by atoms with E-state index in [9.17, 15) is 4.79 Å². The van der Waals surface area contributed by atoms with Crippen molar-refractivity contribution in [3.8, 4) is 0 Å². The number of ether oxygens (including phenoxy) is 1. The van der Waals surface area contributed by atoms with Crippen LogP contribution >= 0.6 is 11.6 Å². The maximum absolute atomic E-state index is 13.0. The number of carbonyl (C=O) groups excluding carboxylic acids is 1. The first-order chi connectivity index (χ1) is 13.6. The molecule has 154 valence electrons. The van der Waals surface area contributed by atoms with Crippen LogP contribution < -0.4 is 0 Å². The Morgan fingerprint density at radius 1 is 1.34 bits per heavy atom. The van der Waals surface area contributed by atoms with Crippen molar-refractivity contribution >= 4 is 23.3 Å². The van der Waals surface area contributed by atoms with E-state index in [1.165, 1.54) is 0 Å². The summed E-state index contributed by atoms with van der Waals surface area (Å²) in [5.74, 6) is 1.04. The zero-order chi connectivity index (χ0) is 20.9. The maximum atomic E-state index is 13.0. The van der Waals surface area contributed by atoms with Gasteiger partial charge in [0.15, 0.2) is 11.9 Å². The van der Waals surface area contributed by atoms with Gasteiger partial charge in [0.2, 0.25) is 0 Å². The Hall–Kier alpha value is -2.61. The van der Waals surface area contributed by atoms with Gasteiger partial charge in [0, 0.05) is 36.2 Å². The third kappa shape index (κ3) is 3.69. The fourth-order valence-electron chi connectivity index (χ4n) is 3.42. The summed E-state index contributed by atoms with van der Waals surface area (Å²) >= 11 is 6.15. The van der Waals surface area contributed by atoms with Crippen LogP contribution in [0.5, 0.6) is 0 Å². The first kappa shape index (κ1) is 19.7. The molecule has 0 saturated carbocycles. The Morgan fingerprint density at radius 2 is 2.10 bits per heavy atom. The topological polar surface area (TPSA) is 85.8 Å². The molecule has 9 heteroatoms. The fraction of sp³-hybridized carbons (Fsp3) is 0.500. The molecule has 3 aromatic heterocycles. The van der Waals surface area contributed by atoms with E-state index in [1.54, 1.807) is 17.0 Å². The number of fused-ring (bicyclic) bond motifs is 3. The largest absolute Gasteiger partial charge is 0.444 e. The highest BCUT2D eigenvalue weighted by atomic mass is 35.5. The van der Waals surface area contributed by atoms with Gasteiger partial charge in [0.25, 0.3) is 5.89 Å². The van der Waals surface area contributed by atoms with Crippen molar-refractivity contribution in [2.24, 2.45) is 0 Å². The van der Waals surface area contributed by atoms with Crippen LogP contribution in [0.1, 0.15) is 69.7 Å². The SMILES string of the molecule is CC(C)c1noc(C2c3c(nc4cc(Cl)ccn34)CCN2C(=O)OC(C)(C)C)n1. The van der Waals surface area contributed by atoms with Crippen LogP contribution in [0.15, 0.2) is 22.9 Å². The molecular weight excluding hydrogens is 394 g/mol. The lowest BCUT2D eigenvalue weighted by Crippen LogP contribution is -2.44. The van der Waals surface area contributed by atoms with Crippen molar-refractivity contribution in [3.63, 3.8) is 0 Å². The highest BCUT2D eigenvalue weighted by molar-refractivity contribution is 6.30. The Morgan fingerprint density at radius 3 is 2.76 bits per heavy atom. The number of rotatable bonds is 2. The number of hydrogen-bond donors (Lipinski definition) is 0. The van der Waals surface area contributed by atoms with Gasteiger partial charge in [0.1, 0.15) is 11.2 Å². The number of halogens is 1. The Labute approximate surface area is 173 Å². The third-order valence-corrected chi connectivity index (χ3v) is 4.93. The average Bonchev–Trinajstić information content (AvgIpc) is 3.23. The zero-order valence-electron chi connectivity index (χ0n) is 17.1. The lowest BCUT2D eigenvalue weighted by Gasteiger charge is -2.34. The standard InChI is InChI=1S/C20H24ClN5O3/c1-11(2)17-23-18(29-24-17)16-15-13(22-14-10-12(21)6-8-25(14)15)7-9-26(16)19(27)28-20(3,4)5/h6,8,10-11,16H,7,9H2,1-5H3. The van der Waals surface area contributed by atoms with E-state index in [-0.39, 0.29) is 5.92 Å². The molecule has 0 aromatic carbocycles. The predicted octanol–water partition coefficient (Wildman–Crippen LogP) is 4.38. The van der Waals surface area contributed by atoms with E-state index in [0.29, 0.717) is 35.4 Å². The van der Waals surface area contributed by atoms with E-state index in [1.807, 2.05) is 45.2 Å². The Kier molecular flexibility index (Phi) is 4.77. The molecule has 0 saturated heterocycles. The van der Waals surface area contributed by atoms with Gasteiger partial charge < -0.3 is 13.7 Å². The summed E-state index contributed by atoms with van der Waals surface area (Å²) in [6.07, 6.45) is 2.01. The lowest BCUT2D eigenvalue weighted by atomic mass is 10.0. The molecule has 1 atom stereocenters. The van der Waals surface area contributed by atoms with Gasteiger partial charge in [-0.2, -0.15) is 4.98 Å². The second-order valence-corrected chi connectivity index (χ2v) is 8.93. The minimum Gasteiger partial charge on any atom is -0.444 e. The molecule has 0 aliphatic carbocycles. The molecule has 1 amide bonds. The number of carbonyl (C=O) groups is 1. The monoisotopic (exact) mass is 417 g/mol. The molecule has 3 aromatic rings. The van der Waals surface area contributed by atoms with Gasteiger partial charge in [-0.15, -0.1) is 0 Å². The molecule has 0 N–H and O–H groups in total. The predicted molar refractivity (Wildman–Crippen MR) is 107 cm³/mol. The summed E-state index contributed by atoms with van der Waals surface area (Å²) in [5, 5.41) is 4.69. The number of hydrogen-bond acceptors (Lipinski definition) is 6. The van der Waals surface area contributed by atoms with Crippen molar-refractivity contribution in [1.82, 2.24) is 24.4 Å². The van der Waals surface area contributed by atoms with E-state index < -0.39 is 17.7 Å². The summed E-state index contributed by atoms with van der Waals surface area (Å²) in [5.41, 5.74) is 1.78. The van der Waals surface area contributed by atoms with Crippen molar-refractivity contribution < 1.29 is 14.1 Å². The van der Waals surface area contributed by atoms with Crippen LogP contribution in [0.2, 0.25) is 5.02 Å². The van der Waals surface area contributed by atoms with E-state index >= 15 is 0 Å². The first-order valence-electron chi connectivity index (χ1n) is 9.63. The van der Waals surface area contributed by atoms with Crippen molar-refractivity contribution in [2.75, 3.05) is 6.54 Å². The molecule has 8 nitrogen and oxygen atoms in total. The van der Waals surface area contributed by atoms with Crippen LogP contribution in [-0.4, -0.2) is 42.7 Å². The summed E-state index contributed by atoms with van der Waals surface area (Å²) in [4.78, 5) is 23.9. The van der Waals surface area contributed by atoms with Gasteiger partial charge >= 0.3 is 6.09 Å². The van der Waals surface area contributed by atoms with Crippen LogP contribution in [0.25, 0.3) is 5.65 Å². The minimum atomic E-state index is -0.618. The number of amides is 1. The fourth-order valence-corrected chi connectivity index (χ4v) is 3.58. The van der Waals surface area contributed by atoms with Crippen LogP contribution in [0, 0.1) is 0 Å². The summed E-state index contributed by atoms with van der Waals surface area (Å²) in [6, 6.07) is 2.99. The van der Waals surface area contributed by atoms with Crippen molar-refractivity contribution in [1.29, 1.82) is 0 Å². The van der Waals surface area contributed by atoms with Crippen LogP contribution in [0.4, 0.5) is 4.79 Å². The molecule has 4 rings (SSSR count). The van der Waals surface area contributed by atoms with Gasteiger partial charge in [-0.05, 0) is 26.8 Å². The number of pyridine rings is 1. The van der Waals surface area contributed by atoms with Gasteiger partial charge in [-0.3, -0.25) is 4.90 Å². The molecule has 0 fully saturated rings. The van der Waals surface area contributed by atoms with Crippen molar-refractivity contribution in [2.45, 2.75) is 58.6 Å². The molecular formula is C20H24ClN5O3. The molecule has 1 unspecified atom stereocenters. The first-order valence-corrected chi connectivity index (χ1v) is 10.0. The molecule has 1 aliphatic rings. The summed E-state index contributed by atoms with van der Waals surface area (Å²) in [7, 11) is 0. The molecule has 1 aliphatic heterocycles. The normalized spacial score (nSPS) is 17.1. The van der Waals surface area contributed by atoms with Gasteiger partial charge in [0.05, 0.1) is 11.4 Å². The Bertz CT molecular complexity index is 1070. The van der Waals surface area contributed by atoms with E-state index in [4.69, 9.17) is 25.8 Å². The second kappa shape index (κ2) is 7.02. The van der Waals surface area contributed by atoms with Crippen molar-refractivity contribution in [3.05, 3.63) is 46.5 Å². The molecule has 29 heavy (non-hydrogen) atoms. The third-order valence-electron chi connectivity index (χ3n) is 4.70. The van der Waals surface area contributed by atoms with E-state index in [2.05, 4.69) is 10.1 Å².